The Labute approximate surface area is 107 Å². The Morgan fingerprint density at radius 2 is 2.16 bits per heavy atom. The SMILES string of the molecule is Cn1nnc(NC(=O)N[C@H](CCC(N)=O)C(=O)O)n1. The fourth-order valence-electron chi connectivity index (χ4n) is 1.17. The maximum Gasteiger partial charge on any atom is 0.326 e. The summed E-state index contributed by atoms with van der Waals surface area (Å²) >= 11 is 0. The number of aromatic nitrogens is 4. The molecular formula is C8H13N7O4. The number of nitrogens with zero attached hydrogens (tertiary/aromatic N) is 4. The summed E-state index contributed by atoms with van der Waals surface area (Å²) in [5.74, 6) is -1.99. The van der Waals surface area contributed by atoms with E-state index in [4.69, 9.17) is 10.8 Å². The van der Waals surface area contributed by atoms with Gasteiger partial charge >= 0.3 is 12.0 Å². The van der Waals surface area contributed by atoms with Gasteiger partial charge in [0.25, 0.3) is 5.95 Å². The topological polar surface area (TPSA) is 165 Å². The highest BCUT2D eigenvalue weighted by Gasteiger charge is 2.21. The third kappa shape index (κ3) is 4.97. The number of carboxylic acid groups (broad SMARTS) is 1. The average molecular weight is 271 g/mol. The zero-order valence-corrected chi connectivity index (χ0v) is 10.0. The van der Waals surface area contributed by atoms with E-state index in [2.05, 4.69) is 26.0 Å². The number of nitrogens with two attached hydrogens (primary N) is 1. The van der Waals surface area contributed by atoms with Gasteiger partial charge in [-0.15, -0.1) is 5.10 Å². The highest BCUT2D eigenvalue weighted by molar-refractivity contribution is 5.90. The third-order valence-electron chi connectivity index (χ3n) is 2.02. The second kappa shape index (κ2) is 6.28. The summed E-state index contributed by atoms with van der Waals surface area (Å²) in [6.45, 7) is 0. The average Bonchev–Trinajstić information content (AvgIpc) is 2.69. The second-order valence-electron chi connectivity index (χ2n) is 3.60. The fourth-order valence-corrected chi connectivity index (χ4v) is 1.17. The van der Waals surface area contributed by atoms with Gasteiger partial charge in [-0.05, 0) is 11.6 Å². The number of aryl methyl sites for hydroxylation is 1. The lowest BCUT2D eigenvalue weighted by Gasteiger charge is -2.13. The van der Waals surface area contributed by atoms with Crippen molar-refractivity contribution < 1.29 is 19.5 Å². The lowest BCUT2D eigenvalue weighted by Crippen LogP contribution is -2.43. The molecular weight excluding hydrogens is 258 g/mol. The number of carbonyl (C=O) groups is 3. The Bertz CT molecular complexity index is 485. The van der Waals surface area contributed by atoms with Crippen LogP contribution in [0, 0.1) is 0 Å². The number of urea groups is 1. The van der Waals surface area contributed by atoms with E-state index in [1.165, 1.54) is 7.05 Å². The van der Waals surface area contributed by atoms with Crippen molar-refractivity contribution in [3.63, 3.8) is 0 Å². The van der Waals surface area contributed by atoms with Crippen molar-refractivity contribution in [3.8, 4) is 0 Å². The molecule has 0 aromatic carbocycles. The molecule has 11 nitrogen and oxygen atoms in total. The van der Waals surface area contributed by atoms with Crippen LogP contribution in [0.2, 0.25) is 0 Å². The van der Waals surface area contributed by atoms with Crippen molar-refractivity contribution in [2.45, 2.75) is 18.9 Å². The first-order valence-electron chi connectivity index (χ1n) is 5.21. The number of carboxylic acids is 1. The number of nitrogens with one attached hydrogen (secondary N) is 2. The Morgan fingerprint density at radius 1 is 1.47 bits per heavy atom. The first-order valence-corrected chi connectivity index (χ1v) is 5.21. The lowest BCUT2D eigenvalue weighted by atomic mass is 10.1. The number of rotatable bonds is 6. The van der Waals surface area contributed by atoms with Crippen LogP contribution in [-0.4, -0.2) is 49.3 Å². The summed E-state index contributed by atoms with van der Waals surface area (Å²) in [6.07, 6.45) is -0.257. The van der Waals surface area contributed by atoms with E-state index < -0.39 is 23.9 Å². The minimum atomic E-state index is -1.27. The van der Waals surface area contributed by atoms with Crippen LogP contribution in [0.25, 0.3) is 0 Å². The van der Waals surface area contributed by atoms with Gasteiger partial charge in [-0.25, -0.2) is 9.59 Å². The van der Waals surface area contributed by atoms with Gasteiger partial charge in [0, 0.05) is 6.42 Å². The monoisotopic (exact) mass is 271 g/mol. The van der Waals surface area contributed by atoms with Crippen LogP contribution >= 0.6 is 0 Å². The minimum absolute atomic E-state index is 0.0703. The van der Waals surface area contributed by atoms with Crippen molar-refractivity contribution in [2.75, 3.05) is 5.32 Å². The number of aliphatic carboxylic acids is 1. The number of anilines is 1. The standard InChI is InChI=1S/C8H13N7O4/c1-15-13-7(12-14-15)11-8(19)10-4(6(17)18)2-3-5(9)16/h4H,2-3H2,1H3,(H2,9,16)(H,17,18)(H2,10,11,13,19)/t4-/m1/s1. The molecule has 19 heavy (non-hydrogen) atoms. The van der Waals surface area contributed by atoms with E-state index in [9.17, 15) is 14.4 Å². The summed E-state index contributed by atoms with van der Waals surface area (Å²) < 4.78 is 0. The van der Waals surface area contributed by atoms with Crippen molar-refractivity contribution >= 4 is 23.9 Å². The summed E-state index contributed by atoms with van der Waals surface area (Å²) in [5.41, 5.74) is 4.91. The van der Waals surface area contributed by atoms with E-state index >= 15 is 0 Å². The molecule has 1 aromatic heterocycles. The van der Waals surface area contributed by atoms with E-state index in [0.717, 1.165) is 4.80 Å². The molecule has 1 heterocycles. The fraction of sp³-hybridized carbons (Fsp3) is 0.500. The molecule has 1 atom stereocenters. The Balaban J connectivity index is 2.51. The molecule has 11 heteroatoms. The van der Waals surface area contributed by atoms with Gasteiger partial charge in [0.1, 0.15) is 6.04 Å². The Hall–Kier alpha value is -2.72. The predicted octanol–water partition coefficient (Wildman–Crippen LogP) is -1.95. The largest absolute Gasteiger partial charge is 0.480 e. The number of amides is 3. The highest BCUT2D eigenvalue weighted by Crippen LogP contribution is 1.99. The van der Waals surface area contributed by atoms with E-state index in [-0.39, 0.29) is 18.8 Å². The van der Waals surface area contributed by atoms with Crippen molar-refractivity contribution in [1.29, 1.82) is 0 Å². The molecule has 0 fully saturated rings. The Morgan fingerprint density at radius 3 is 2.63 bits per heavy atom. The van der Waals surface area contributed by atoms with Crippen LogP contribution in [0.4, 0.5) is 10.7 Å². The van der Waals surface area contributed by atoms with Crippen molar-refractivity contribution in [3.05, 3.63) is 0 Å². The molecule has 0 aliphatic heterocycles. The minimum Gasteiger partial charge on any atom is -0.480 e. The van der Waals surface area contributed by atoms with Crippen LogP contribution in [0.3, 0.4) is 0 Å². The highest BCUT2D eigenvalue weighted by atomic mass is 16.4. The van der Waals surface area contributed by atoms with E-state index in [0.29, 0.717) is 0 Å². The lowest BCUT2D eigenvalue weighted by molar-refractivity contribution is -0.139. The summed E-state index contributed by atoms with van der Waals surface area (Å²) in [7, 11) is 1.50. The molecule has 3 amide bonds. The van der Waals surface area contributed by atoms with E-state index in [1.807, 2.05) is 0 Å². The molecule has 0 spiro atoms. The van der Waals surface area contributed by atoms with Crippen molar-refractivity contribution in [1.82, 2.24) is 25.5 Å². The quantitative estimate of drug-likeness (QED) is 0.466. The smallest absolute Gasteiger partial charge is 0.326 e. The molecule has 0 saturated heterocycles. The van der Waals surface area contributed by atoms with Gasteiger partial charge in [0.15, 0.2) is 0 Å². The van der Waals surface area contributed by atoms with Crippen LogP contribution in [0.5, 0.6) is 0 Å². The van der Waals surface area contributed by atoms with Gasteiger partial charge in [0.2, 0.25) is 5.91 Å². The molecule has 5 N–H and O–H groups in total. The first-order chi connectivity index (χ1) is 8.88. The van der Waals surface area contributed by atoms with Crippen LogP contribution in [0.1, 0.15) is 12.8 Å². The molecule has 1 aromatic rings. The Kier molecular flexibility index (Phi) is 4.74. The number of tetrazole rings is 1. The first kappa shape index (κ1) is 14.3. The predicted molar refractivity (Wildman–Crippen MR) is 60.8 cm³/mol. The normalized spacial score (nSPS) is 11.6. The van der Waals surface area contributed by atoms with Gasteiger partial charge in [-0.1, -0.05) is 5.10 Å². The molecule has 104 valence electrons. The van der Waals surface area contributed by atoms with E-state index in [1.54, 1.807) is 0 Å². The zero-order valence-electron chi connectivity index (χ0n) is 10.0. The van der Waals surface area contributed by atoms with Crippen LogP contribution in [-0.2, 0) is 16.6 Å². The number of primary amides is 1. The molecule has 0 unspecified atom stereocenters. The molecule has 1 rings (SSSR count). The van der Waals surface area contributed by atoms with Gasteiger partial charge in [-0.2, -0.15) is 4.80 Å². The third-order valence-corrected chi connectivity index (χ3v) is 2.02. The molecule has 0 aliphatic carbocycles. The maximum absolute atomic E-state index is 11.5. The van der Waals surface area contributed by atoms with Gasteiger partial charge < -0.3 is 16.2 Å². The maximum atomic E-state index is 11.5. The number of hydrogen-bond donors (Lipinski definition) is 4. The summed E-state index contributed by atoms with van der Waals surface area (Å²) in [6, 6.07) is -2.05. The second-order valence-corrected chi connectivity index (χ2v) is 3.60. The molecule has 0 radical (unpaired) electrons. The van der Waals surface area contributed by atoms with Gasteiger partial charge in [-0.3, -0.25) is 10.1 Å². The van der Waals surface area contributed by atoms with Gasteiger partial charge in [0.05, 0.1) is 7.05 Å². The summed E-state index contributed by atoms with van der Waals surface area (Å²) in [5, 5.41) is 23.9. The van der Waals surface area contributed by atoms with Crippen LogP contribution < -0.4 is 16.4 Å². The van der Waals surface area contributed by atoms with Crippen LogP contribution in [0.15, 0.2) is 0 Å². The number of carbonyl (C=O) groups excluding carboxylic acids is 2. The zero-order chi connectivity index (χ0) is 14.4. The summed E-state index contributed by atoms with van der Waals surface area (Å²) in [4.78, 5) is 34.0. The molecule has 0 saturated carbocycles. The van der Waals surface area contributed by atoms with Crippen molar-refractivity contribution in [2.24, 2.45) is 12.8 Å². The molecule has 0 bridgehead atoms. The number of hydrogen-bond acceptors (Lipinski definition) is 6. The molecule has 0 aliphatic rings.